The minimum Gasteiger partial charge on any atom is -0.336 e. The van der Waals surface area contributed by atoms with Gasteiger partial charge in [-0.25, -0.2) is 13.4 Å². The number of pyridine rings is 1. The van der Waals surface area contributed by atoms with Crippen molar-refractivity contribution >= 4 is 15.8 Å². The third-order valence-corrected chi connectivity index (χ3v) is 6.24. The number of hydrogen-bond donors (Lipinski definition) is 2. The molecule has 1 aromatic carbocycles. The fraction of sp³-hybridized carbons (Fsp3) is 0.421. The summed E-state index contributed by atoms with van der Waals surface area (Å²) in [7, 11) is 0.841. The van der Waals surface area contributed by atoms with Gasteiger partial charge in [0, 0.05) is 24.7 Å². The van der Waals surface area contributed by atoms with E-state index in [1.807, 2.05) is 13.8 Å². The fourth-order valence-corrected chi connectivity index (χ4v) is 4.20. The van der Waals surface area contributed by atoms with Gasteiger partial charge < -0.3 is 4.90 Å². The predicted molar refractivity (Wildman–Crippen MR) is 103 cm³/mol. The highest BCUT2D eigenvalue weighted by atomic mass is 32.2. The zero-order valence-corrected chi connectivity index (χ0v) is 16.9. The van der Waals surface area contributed by atoms with Crippen LogP contribution in [0.5, 0.6) is 0 Å². The Bertz CT molecular complexity index is 783. The van der Waals surface area contributed by atoms with Crippen LogP contribution in [0.2, 0.25) is 0 Å². The average Bonchev–Trinajstić information content (AvgIpc) is 2.62. The molecule has 2 aromatic rings. The van der Waals surface area contributed by atoms with Crippen molar-refractivity contribution in [2.75, 3.05) is 32.5 Å². The van der Waals surface area contributed by atoms with E-state index in [9.17, 15) is 8.42 Å². The molecular formula is C19H30N4O2S+2. The van der Waals surface area contributed by atoms with E-state index in [-0.39, 0.29) is 4.90 Å². The minimum absolute atomic E-state index is 0.280. The number of aromatic nitrogens is 1. The maximum atomic E-state index is 12.5. The number of rotatable bonds is 9. The molecule has 0 bridgehead atoms. The van der Waals surface area contributed by atoms with Crippen LogP contribution in [0, 0.1) is 0 Å². The third kappa shape index (κ3) is 5.27. The first-order valence-corrected chi connectivity index (χ1v) is 10.4. The SMILES string of the molecule is CCN(CC)S(=O)(=O)c1ccc(NCc2ccc(C[NH+](C)C)cc2)[nH+]c1. The maximum absolute atomic E-state index is 12.5. The molecule has 0 fully saturated rings. The van der Waals surface area contributed by atoms with Crippen LogP contribution in [0.15, 0.2) is 47.5 Å². The van der Waals surface area contributed by atoms with Crippen molar-refractivity contribution in [3.63, 3.8) is 0 Å². The van der Waals surface area contributed by atoms with Crippen molar-refractivity contribution in [1.82, 2.24) is 4.31 Å². The molecule has 0 spiro atoms. The number of benzene rings is 1. The smallest absolute Gasteiger partial charge is 0.272 e. The quantitative estimate of drug-likeness (QED) is 0.678. The third-order valence-electron chi connectivity index (χ3n) is 4.19. The summed E-state index contributed by atoms with van der Waals surface area (Å²) < 4.78 is 26.4. The van der Waals surface area contributed by atoms with E-state index >= 15 is 0 Å². The Kier molecular flexibility index (Phi) is 7.14. The zero-order chi connectivity index (χ0) is 19.2. The molecule has 2 rings (SSSR count). The van der Waals surface area contributed by atoms with Gasteiger partial charge in [-0.15, -0.1) is 0 Å². The van der Waals surface area contributed by atoms with Gasteiger partial charge in [0.2, 0.25) is 10.0 Å². The Balaban J connectivity index is 1.99. The lowest BCUT2D eigenvalue weighted by Crippen LogP contribution is -3.04. The van der Waals surface area contributed by atoms with Crippen LogP contribution < -0.4 is 15.2 Å². The van der Waals surface area contributed by atoms with Crippen LogP contribution >= 0.6 is 0 Å². The molecule has 1 heterocycles. The molecule has 0 atom stereocenters. The molecule has 26 heavy (non-hydrogen) atoms. The van der Waals surface area contributed by atoms with Crippen LogP contribution in [0.25, 0.3) is 0 Å². The summed E-state index contributed by atoms with van der Waals surface area (Å²) in [4.78, 5) is 4.71. The van der Waals surface area contributed by atoms with Crippen molar-refractivity contribution in [2.45, 2.75) is 31.8 Å². The van der Waals surface area contributed by atoms with Gasteiger partial charge in [-0.1, -0.05) is 38.1 Å². The van der Waals surface area contributed by atoms with Gasteiger partial charge in [0.05, 0.1) is 14.1 Å². The second-order valence-corrected chi connectivity index (χ2v) is 8.52. The first-order valence-electron chi connectivity index (χ1n) is 8.99. The normalized spacial score (nSPS) is 11.9. The molecule has 6 nitrogen and oxygen atoms in total. The van der Waals surface area contributed by atoms with E-state index in [0.717, 1.165) is 12.4 Å². The summed E-state index contributed by atoms with van der Waals surface area (Å²) >= 11 is 0. The molecule has 0 amide bonds. The highest BCUT2D eigenvalue weighted by molar-refractivity contribution is 7.89. The summed E-state index contributed by atoms with van der Waals surface area (Å²) in [5, 5.41) is 3.29. The molecule has 0 saturated heterocycles. The molecule has 0 radical (unpaired) electrons. The first kappa shape index (κ1) is 20.4. The lowest BCUT2D eigenvalue weighted by atomic mass is 10.1. The molecule has 0 saturated carbocycles. The molecule has 3 N–H and O–H groups in total. The Morgan fingerprint density at radius 1 is 1.00 bits per heavy atom. The second-order valence-electron chi connectivity index (χ2n) is 6.58. The van der Waals surface area contributed by atoms with Gasteiger partial charge in [0.1, 0.15) is 24.2 Å². The van der Waals surface area contributed by atoms with Crippen LogP contribution in [0.3, 0.4) is 0 Å². The summed E-state index contributed by atoms with van der Waals surface area (Å²) in [6.45, 7) is 6.28. The number of nitrogens with one attached hydrogen (secondary N) is 3. The largest absolute Gasteiger partial charge is 0.336 e. The van der Waals surface area contributed by atoms with E-state index < -0.39 is 10.0 Å². The van der Waals surface area contributed by atoms with Gasteiger partial charge >= 0.3 is 0 Å². The predicted octanol–water partition coefficient (Wildman–Crippen LogP) is 0.788. The van der Waals surface area contributed by atoms with Gasteiger partial charge in [0.15, 0.2) is 0 Å². The van der Waals surface area contributed by atoms with E-state index in [0.29, 0.717) is 19.6 Å². The fourth-order valence-electron chi connectivity index (χ4n) is 2.77. The number of quaternary nitrogens is 1. The number of aromatic amines is 1. The van der Waals surface area contributed by atoms with Crippen molar-refractivity contribution in [1.29, 1.82) is 0 Å². The Morgan fingerprint density at radius 3 is 2.12 bits per heavy atom. The number of anilines is 1. The van der Waals surface area contributed by atoms with E-state index in [1.165, 1.54) is 20.3 Å². The molecule has 0 unspecified atom stereocenters. The monoisotopic (exact) mass is 378 g/mol. The summed E-state index contributed by atoms with van der Waals surface area (Å²) in [5.41, 5.74) is 2.49. The molecule has 1 aromatic heterocycles. The molecule has 142 valence electrons. The highest BCUT2D eigenvalue weighted by Gasteiger charge is 2.22. The van der Waals surface area contributed by atoms with E-state index in [2.05, 4.69) is 48.7 Å². The van der Waals surface area contributed by atoms with Crippen molar-refractivity contribution in [2.24, 2.45) is 0 Å². The molecule has 0 aliphatic carbocycles. The van der Waals surface area contributed by atoms with Crippen molar-refractivity contribution in [3.05, 3.63) is 53.7 Å². The number of hydrogen-bond acceptors (Lipinski definition) is 3. The highest BCUT2D eigenvalue weighted by Crippen LogP contribution is 2.14. The molecule has 7 heteroatoms. The van der Waals surface area contributed by atoms with E-state index in [1.54, 1.807) is 18.3 Å². The van der Waals surface area contributed by atoms with Crippen LogP contribution in [0.4, 0.5) is 5.82 Å². The maximum Gasteiger partial charge on any atom is 0.272 e. The molecule has 0 aliphatic rings. The van der Waals surface area contributed by atoms with Crippen molar-refractivity contribution < 1.29 is 18.3 Å². The van der Waals surface area contributed by atoms with Gasteiger partial charge in [-0.05, 0) is 11.6 Å². The lowest BCUT2D eigenvalue weighted by Gasteiger charge is -2.17. The summed E-state index contributed by atoms with van der Waals surface area (Å²) in [6.07, 6.45) is 1.54. The van der Waals surface area contributed by atoms with E-state index in [4.69, 9.17) is 0 Å². The van der Waals surface area contributed by atoms with Crippen molar-refractivity contribution in [3.8, 4) is 0 Å². The summed E-state index contributed by atoms with van der Waals surface area (Å²) in [6, 6.07) is 11.9. The molecular weight excluding hydrogens is 348 g/mol. The molecule has 0 aliphatic heterocycles. The zero-order valence-electron chi connectivity index (χ0n) is 16.0. The second kappa shape index (κ2) is 9.12. The average molecular weight is 379 g/mol. The number of H-pyrrole nitrogens is 1. The van der Waals surface area contributed by atoms with Crippen LogP contribution in [-0.2, 0) is 23.1 Å². The minimum atomic E-state index is -3.43. The van der Waals surface area contributed by atoms with Crippen LogP contribution in [0.1, 0.15) is 25.0 Å². The Hall–Kier alpha value is -1.96. The van der Waals surface area contributed by atoms with Gasteiger partial charge in [0.25, 0.3) is 5.82 Å². The topological polar surface area (TPSA) is 68.0 Å². The Morgan fingerprint density at radius 2 is 1.62 bits per heavy atom. The Labute approximate surface area is 156 Å². The van der Waals surface area contributed by atoms with Gasteiger partial charge in [-0.3, -0.25) is 5.32 Å². The van der Waals surface area contributed by atoms with Gasteiger partial charge in [-0.2, -0.15) is 4.31 Å². The number of nitrogens with zero attached hydrogens (tertiary/aromatic N) is 1. The number of sulfonamides is 1. The standard InChI is InChI=1S/C19H28N4O2S/c1-5-23(6-2)26(24,25)18-11-12-19(21-14-18)20-13-16-7-9-17(10-8-16)15-22(3)4/h7-12,14H,5-6,13,15H2,1-4H3,(H,20,21)/p+2. The lowest BCUT2D eigenvalue weighted by molar-refractivity contribution is -0.872. The summed E-state index contributed by atoms with van der Waals surface area (Å²) in [5.74, 6) is 0.783. The van der Waals surface area contributed by atoms with Crippen LogP contribution in [-0.4, -0.2) is 39.9 Å². The first-order chi connectivity index (χ1) is 12.4.